The Balaban J connectivity index is 2.12. The first-order chi connectivity index (χ1) is 6.79. The molecule has 1 atom stereocenters. The molecule has 0 heterocycles. The molecule has 0 aromatic rings. The van der Waals surface area contributed by atoms with Gasteiger partial charge in [0, 0.05) is 13.5 Å². The fourth-order valence-corrected chi connectivity index (χ4v) is 1.85. The van der Waals surface area contributed by atoms with Gasteiger partial charge in [0.2, 0.25) is 0 Å². The lowest BCUT2D eigenvalue weighted by Crippen LogP contribution is -2.24. The number of hydrogen-bond donors (Lipinski definition) is 0. The van der Waals surface area contributed by atoms with Crippen molar-refractivity contribution in [1.29, 1.82) is 0 Å². The van der Waals surface area contributed by atoms with Crippen LogP contribution >= 0.6 is 0 Å². The molecule has 1 fully saturated rings. The first-order valence-electron chi connectivity index (χ1n) is 5.85. The molecule has 0 aromatic heterocycles. The first kappa shape index (κ1) is 11.7. The van der Waals surface area contributed by atoms with E-state index in [0.717, 1.165) is 12.8 Å². The van der Waals surface area contributed by atoms with Crippen LogP contribution < -0.4 is 0 Å². The van der Waals surface area contributed by atoms with Gasteiger partial charge in [-0.3, -0.25) is 4.79 Å². The maximum Gasteiger partial charge on any atom is 0.161 e. The normalized spacial score (nSPS) is 18.1. The van der Waals surface area contributed by atoms with Crippen molar-refractivity contribution in [2.24, 2.45) is 5.92 Å². The minimum absolute atomic E-state index is 0.0865. The van der Waals surface area contributed by atoms with Crippen LogP contribution in [-0.4, -0.2) is 19.0 Å². The number of unbranched alkanes of at least 4 members (excludes halogenated alkanes) is 3. The average molecular weight is 198 g/mol. The van der Waals surface area contributed by atoms with Crippen LogP contribution in [-0.2, 0) is 9.53 Å². The predicted octanol–water partition coefficient (Wildman–Crippen LogP) is 2.95. The second-order valence-electron chi connectivity index (χ2n) is 4.27. The molecule has 0 saturated heterocycles. The third kappa shape index (κ3) is 3.79. The van der Waals surface area contributed by atoms with Crippen LogP contribution in [0.3, 0.4) is 0 Å². The van der Waals surface area contributed by atoms with Gasteiger partial charge in [0.25, 0.3) is 0 Å². The minimum Gasteiger partial charge on any atom is -0.373 e. The van der Waals surface area contributed by atoms with Gasteiger partial charge in [-0.2, -0.15) is 0 Å². The quantitative estimate of drug-likeness (QED) is 0.560. The Morgan fingerprint density at radius 2 is 2.07 bits per heavy atom. The maximum absolute atomic E-state index is 11.7. The van der Waals surface area contributed by atoms with Crippen molar-refractivity contribution in [2.45, 2.75) is 58.0 Å². The monoisotopic (exact) mass is 198 g/mol. The van der Waals surface area contributed by atoms with Crippen molar-refractivity contribution in [2.75, 3.05) is 7.11 Å². The second kappa shape index (κ2) is 6.18. The van der Waals surface area contributed by atoms with Gasteiger partial charge >= 0.3 is 0 Å². The molecule has 1 saturated carbocycles. The summed E-state index contributed by atoms with van der Waals surface area (Å²) < 4.78 is 5.24. The zero-order valence-corrected chi connectivity index (χ0v) is 9.42. The number of carbonyl (C=O) groups is 1. The van der Waals surface area contributed by atoms with Crippen LogP contribution in [0.15, 0.2) is 0 Å². The molecule has 1 unspecified atom stereocenters. The third-order valence-electron chi connectivity index (χ3n) is 2.90. The predicted molar refractivity (Wildman–Crippen MR) is 57.3 cm³/mol. The molecule has 1 rings (SSSR count). The number of carbonyl (C=O) groups excluding carboxylic acids is 1. The number of hydrogen-bond acceptors (Lipinski definition) is 2. The van der Waals surface area contributed by atoms with Crippen molar-refractivity contribution >= 4 is 5.78 Å². The van der Waals surface area contributed by atoms with Gasteiger partial charge in [-0.05, 0) is 25.2 Å². The summed E-state index contributed by atoms with van der Waals surface area (Å²) in [6.07, 6.45) is 7.69. The summed E-state index contributed by atoms with van der Waals surface area (Å²) in [5.74, 6) is 0.866. The molecule has 82 valence electrons. The van der Waals surface area contributed by atoms with Crippen molar-refractivity contribution in [3.8, 4) is 0 Å². The van der Waals surface area contributed by atoms with Crippen molar-refractivity contribution in [1.82, 2.24) is 0 Å². The number of Topliss-reactive ketones (excluding diaryl/α,β-unsaturated/α-hetero) is 1. The summed E-state index contributed by atoms with van der Waals surface area (Å²) in [6.45, 7) is 2.18. The summed E-state index contributed by atoms with van der Waals surface area (Å²) in [4.78, 5) is 11.7. The first-order valence-corrected chi connectivity index (χ1v) is 5.85. The highest BCUT2D eigenvalue weighted by Gasteiger charge is 2.35. The Morgan fingerprint density at radius 3 is 2.57 bits per heavy atom. The van der Waals surface area contributed by atoms with E-state index in [1.165, 1.54) is 32.1 Å². The summed E-state index contributed by atoms with van der Waals surface area (Å²) in [5, 5.41) is 0. The van der Waals surface area contributed by atoms with Gasteiger partial charge in [0.1, 0.15) is 6.10 Å². The summed E-state index contributed by atoms with van der Waals surface area (Å²) in [7, 11) is 1.66. The zero-order valence-electron chi connectivity index (χ0n) is 9.42. The lowest BCUT2D eigenvalue weighted by molar-refractivity contribution is -0.130. The van der Waals surface area contributed by atoms with E-state index in [0.29, 0.717) is 11.7 Å². The van der Waals surface area contributed by atoms with Gasteiger partial charge in [-0.25, -0.2) is 0 Å². The number of ketones is 1. The van der Waals surface area contributed by atoms with Crippen LogP contribution in [0, 0.1) is 5.92 Å². The molecular weight excluding hydrogens is 176 g/mol. The Bertz CT molecular complexity index is 173. The molecule has 1 aliphatic carbocycles. The van der Waals surface area contributed by atoms with Crippen molar-refractivity contribution < 1.29 is 9.53 Å². The fraction of sp³-hybridized carbons (Fsp3) is 0.917. The molecule has 0 N–H and O–H groups in total. The number of methoxy groups -OCH3 is 1. The molecule has 0 amide bonds. The van der Waals surface area contributed by atoms with E-state index in [1.54, 1.807) is 7.11 Å². The van der Waals surface area contributed by atoms with E-state index in [2.05, 4.69) is 6.92 Å². The highest BCUT2D eigenvalue weighted by molar-refractivity contribution is 5.83. The lowest BCUT2D eigenvalue weighted by atomic mass is 10.0. The summed E-state index contributed by atoms with van der Waals surface area (Å²) in [6, 6.07) is 0. The number of rotatable bonds is 8. The third-order valence-corrected chi connectivity index (χ3v) is 2.90. The van der Waals surface area contributed by atoms with Gasteiger partial charge in [-0.1, -0.05) is 26.2 Å². The molecule has 0 bridgehead atoms. The Labute approximate surface area is 87.0 Å². The Hall–Kier alpha value is -0.370. The number of ether oxygens (including phenoxy) is 1. The average Bonchev–Trinajstić information content (AvgIpc) is 2.98. The van der Waals surface area contributed by atoms with Gasteiger partial charge in [0.15, 0.2) is 5.78 Å². The molecule has 14 heavy (non-hydrogen) atoms. The molecule has 0 aliphatic heterocycles. The summed E-state index contributed by atoms with van der Waals surface area (Å²) >= 11 is 0. The highest BCUT2D eigenvalue weighted by Crippen LogP contribution is 2.35. The Morgan fingerprint density at radius 1 is 1.36 bits per heavy atom. The van der Waals surface area contributed by atoms with E-state index in [-0.39, 0.29) is 6.10 Å². The molecule has 2 nitrogen and oxygen atoms in total. The molecule has 0 spiro atoms. The van der Waals surface area contributed by atoms with Crippen LogP contribution in [0.5, 0.6) is 0 Å². The van der Waals surface area contributed by atoms with E-state index in [4.69, 9.17) is 4.74 Å². The van der Waals surface area contributed by atoms with E-state index < -0.39 is 0 Å². The molecule has 2 heteroatoms. The highest BCUT2D eigenvalue weighted by atomic mass is 16.5. The fourth-order valence-electron chi connectivity index (χ4n) is 1.85. The van der Waals surface area contributed by atoms with Gasteiger partial charge < -0.3 is 4.74 Å². The SMILES string of the molecule is CCCCCCC(=O)C(OC)C1CC1. The molecular formula is C12H22O2. The van der Waals surface area contributed by atoms with Crippen molar-refractivity contribution in [3.63, 3.8) is 0 Å². The summed E-state index contributed by atoms with van der Waals surface area (Å²) in [5.41, 5.74) is 0. The molecule has 0 radical (unpaired) electrons. The van der Waals surface area contributed by atoms with Crippen molar-refractivity contribution in [3.05, 3.63) is 0 Å². The topological polar surface area (TPSA) is 26.3 Å². The minimum atomic E-state index is -0.0865. The maximum atomic E-state index is 11.7. The van der Waals surface area contributed by atoms with Gasteiger partial charge in [0.05, 0.1) is 0 Å². The van der Waals surface area contributed by atoms with Crippen LogP contribution in [0.4, 0.5) is 0 Å². The zero-order chi connectivity index (χ0) is 10.4. The standard InChI is InChI=1S/C12H22O2/c1-3-4-5-6-7-11(13)12(14-2)10-8-9-10/h10,12H,3-9H2,1-2H3. The van der Waals surface area contributed by atoms with Crippen LogP contribution in [0.2, 0.25) is 0 Å². The van der Waals surface area contributed by atoms with Crippen LogP contribution in [0.25, 0.3) is 0 Å². The molecule has 0 aromatic carbocycles. The molecule has 1 aliphatic rings. The van der Waals surface area contributed by atoms with Gasteiger partial charge in [-0.15, -0.1) is 0 Å². The largest absolute Gasteiger partial charge is 0.373 e. The van der Waals surface area contributed by atoms with E-state index >= 15 is 0 Å². The van der Waals surface area contributed by atoms with E-state index in [9.17, 15) is 4.79 Å². The Kier molecular flexibility index (Phi) is 5.16. The van der Waals surface area contributed by atoms with E-state index in [1.807, 2.05) is 0 Å². The smallest absolute Gasteiger partial charge is 0.161 e. The van der Waals surface area contributed by atoms with Crippen LogP contribution in [0.1, 0.15) is 51.9 Å². The lowest BCUT2D eigenvalue weighted by Gasteiger charge is -2.12. The second-order valence-corrected chi connectivity index (χ2v) is 4.27.